The molecule has 0 spiro atoms. The van der Waals surface area contributed by atoms with Gasteiger partial charge in [0, 0.05) is 6.42 Å². The van der Waals surface area contributed by atoms with Crippen LogP contribution in [0.2, 0.25) is 0 Å². The Bertz CT molecular complexity index is 209. The lowest BCUT2D eigenvalue weighted by Crippen LogP contribution is -2.39. The molecule has 0 amide bonds. The van der Waals surface area contributed by atoms with Crippen LogP contribution in [-0.4, -0.2) is 50.4 Å². The second-order valence-electron chi connectivity index (χ2n) is 3.98. The van der Waals surface area contributed by atoms with Crippen molar-refractivity contribution in [3.63, 3.8) is 0 Å². The fourth-order valence-electron chi connectivity index (χ4n) is 1.18. The molecule has 0 rings (SSSR count). The minimum absolute atomic E-state index is 0.141. The van der Waals surface area contributed by atoms with Crippen LogP contribution < -0.4 is 0 Å². The predicted octanol–water partition coefficient (Wildman–Crippen LogP) is 0.413. The molecule has 0 aliphatic heterocycles. The van der Waals surface area contributed by atoms with E-state index in [2.05, 4.69) is 5.18 Å². The lowest BCUT2D eigenvalue weighted by atomic mass is 10.1. The quantitative estimate of drug-likeness (QED) is 0.256. The lowest BCUT2D eigenvalue weighted by Gasteiger charge is -2.29. The van der Waals surface area contributed by atoms with E-state index < -0.39 is 17.9 Å². The number of rotatable bonds is 8. The van der Waals surface area contributed by atoms with Crippen LogP contribution in [0.3, 0.4) is 0 Å². The van der Waals surface area contributed by atoms with E-state index in [1.54, 1.807) is 0 Å². The molecule has 0 aromatic carbocycles. The smallest absolute Gasteiger partial charge is 0.160 e. The van der Waals surface area contributed by atoms with Gasteiger partial charge in [-0.1, -0.05) is 27.8 Å². The highest BCUT2D eigenvalue weighted by Crippen LogP contribution is 2.21. The second-order valence-corrected chi connectivity index (χ2v) is 5.58. The van der Waals surface area contributed by atoms with Crippen LogP contribution in [0.5, 0.6) is 0 Å². The number of aliphatic hydroxyl groups is 3. The summed E-state index contributed by atoms with van der Waals surface area (Å²) >= 11 is 1.96. The van der Waals surface area contributed by atoms with E-state index in [0.29, 0.717) is 0 Å². The van der Waals surface area contributed by atoms with E-state index in [0.717, 1.165) is 0 Å². The third-order valence-corrected chi connectivity index (χ3v) is 3.08. The number of nitrogens with zero attached hydrogens (tertiary/aromatic N) is 1. The summed E-state index contributed by atoms with van der Waals surface area (Å²) in [6.45, 7) is 2.41. The SMILES string of the molecule is CC(C)(O)O[C@@H](C[C@@H](CO)N=O)C(I)CO. The molecule has 0 aromatic heterocycles. The van der Waals surface area contributed by atoms with Crippen molar-refractivity contribution in [1.82, 2.24) is 0 Å². The summed E-state index contributed by atoms with van der Waals surface area (Å²) in [5.74, 6) is -1.36. The number of nitroso groups, excluding NO2 is 1. The number of hydrogen-bond acceptors (Lipinski definition) is 6. The lowest BCUT2D eigenvalue weighted by molar-refractivity contribution is -0.207. The van der Waals surface area contributed by atoms with Gasteiger partial charge in [-0.3, -0.25) is 0 Å². The molecule has 1 unspecified atom stereocenters. The van der Waals surface area contributed by atoms with Crippen molar-refractivity contribution in [2.24, 2.45) is 5.18 Å². The molecule has 0 heterocycles. The van der Waals surface area contributed by atoms with E-state index in [-0.39, 0.29) is 23.6 Å². The van der Waals surface area contributed by atoms with Gasteiger partial charge in [0.25, 0.3) is 0 Å². The molecule has 0 radical (unpaired) electrons. The maximum Gasteiger partial charge on any atom is 0.160 e. The van der Waals surface area contributed by atoms with Crippen LogP contribution in [0, 0.1) is 4.91 Å². The summed E-state index contributed by atoms with van der Waals surface area (Å²) in [7, 11) is 0. The molecule has 0 aliphatic carbocycles. The van der Waals surface area contributed by atoms with Crippen molar-refractivity contribution in [2.75, 3.05) is 13.2 Å². The van der Waals surface area contributed by atoms with Crippen molar-refractivity contribution < 1.29 is 20.1 Å². The highest BCUT2D eigenvalue weighted by atomic mass is 127. The first kappa shape index (κ1) is 16.2. The van der Waals surface area contributed by atoms with Crippen molar-refractivity contribution >= 4 is 22.6 Å². The number of halogens is 1. The Morgan fingerprint density at radius 1 is 1.38 bits per heavy atom. The van der Waals surface area contributed by atoms with Crippen molar-refractivity contribution in [3.8, 4) is 0 Å². The van der Waals surface area contributed by atoms with Crippen molar-refractivity contribution in [3.05, 3.63) is 4.91 Å². The molecule has 3 atom stereocenters. The number of aliphatic hydroxyl groups excluding tert-OH is 2. The summed E-state index contributed by atoms with van der Waals surface area (Å²) < 4.78 is 5.02. The molecule has 0 aromatic rings. The van der Waals surface area contributed by atoms with Gasteiger partial charge in [0.05, 0.1) is 23.2 Å². The van der Waals surface area contributed by atoms with Crippen LogP contribution in [-0.2, 0) is 4.74 Å². The molecule has 0 saturated carbocycles. The largest absolute Gasteiger partial charge is 0.395 e. The number of alkyl halides is 1. The van der Waals surface area contributed by atoms with Crippen LogP contribution in [0.1, 0.15) is 20.3 Å². The highest BCUT2D eigenvalue weighted by Gasteiger charge is 2.28. The molecule has 3 N–H and O–H groups in total. The molecule has 7 heteroatoms. The molecular weight excluding hydrogens is 329 g/mol. The minimum atomic E-state index is -1.36. The fraction of sp³-hybridized carbons (Fsp3) is 1.00. The summed E-state index contributed by atoms with van der Waals surface area (Å²) in [5, 5.41) is 30.1. The maximum atomic E-state index is 10.4. The zero-order valence-corrected chi connectivity index (χ0v) is 11.5. The topological polar surface area (TPSA) is 99.4 Å². The molecular formula is C9H18INO5. The summed E-state index contributed by atoms with van der Waals surface area (Å²) in [5.41, 5.74) is 0. The zero-order valence-electron chi connectivity index (χ0n) is 9.34. The average molecular weight is 347 g/mol. The second kappa shape index (κ2) is 7.49. The van der Waals surface area contributed by atoms with E-state index in [1.165, 1.54) is 13.8 Å². The van der Waals surface area contributed by atoms with Gasteiger partial charge in [0.1, 0.15) is 6.04 Å². The molecule has 16 heavy (non-hydrogen) atoms. The summed E-state index contributed by atoms with van der Waals surface area (Å²) in [6.07, 6.45) is -0.376. The van der Waals surface area contributed by atoms with Gasteiger partial charge in [0.2, 0.25) is 0 Å². The van der Waals surface area contributed by atoms with E-state index in [1.807, 2.05) is 22.6 Å². The highest BCUT2D eigenvalue weighted by molar-refractivity contribution is 14.1. The molecule has 6 nitrogen and oxygen atoms in total. The first-order chi connectivity index (χ1) is 7.34. The standard InChI is InChI=1S/C9H18INO5/c1-9(2,14)16-8(7(10)5-13)3-6(4-12)11-15/h6-8,12-14H,3-5H2,1-2H3/t6-,7?,8-/m0/s1. The van der Waals surface area contributed by atoms with Crippen molar-refractivity contribution in [2.45, 2.75) is 42.1 Å². The van der Waals surface area contributed by atoms with Crippen LogP contribution in [0.15, 0.2) is 5.18 Å². The summed E-state index contributed by atoms with van der Waals surface area (Å²) in [4.78, 5) is 10.4. The third kappa shape index (κ3) is 6.69. The normalized spacial score (nSPS) is 17.9. The predicted molar refractivity (Wildman–Crippen MR) is 67.4 cm³/mol. The van der Waals surface area contributed by atoms with Crippen LogP contribution in [0.25, 0.3) is 0 Å². The Morgan fingerprint density at radius 2 is 1.94 bits per heavy atom. The molecule has 96 valence electrons. The van der Waals surface area contributed by atoms with Gasteiger partial charge < -0.3 is 20.1 Å². The molecule has 0 fully saturated rings. The van der Waals surface area contributed by atoms with Gasteiger partial charge in [-0.15, -0.1) is 0 Å². The van der Waals surface area contributed by atoms with Gasteiger partial charge >= 0.3 is 0 Å². The Morgan fingerprint density at radius 3 is 2.25 bits per heavy atom. The monoisotopic (exact) mass is 347 g/mol. The van der Waals surface area contributed by atoms with E-state index >= 15 is 0 Å². The Balaban J connectivity index is 4.48. The van der Waals surface area contributed by atoms with Gasteiger partial charge in [-0.25, -0.2) is 0 Å². The maximum absolute atomic E-state index is 10.4. The third-order valence-electron chi connectivity index (χ3n) is 1.88. The first-order valence-electron chi connectivity index (χ1n) is 4.92. The van der Waals surface area contributed by atoms with Crippen LogP contribution >= 0.6 is 22.6 Å². The van der Waals surface area contributed by atoms with E-state index in [4.69, 9.17) is 14.9 Å². The molecule has 0 aliphatic rings. The number of ether oxygens (including phenoxy) is 1. The average Bonchev–Trinajstić information content (AvgIpc) is 2.21. The van der Waals surface area contributed by atoms with Crippen LogP contribution in [0.4, 0.5) is 0 Å². The Hall–Kier alpha value is 0.170. The number of hydrogen-bond donors (Lipinski definition) is 3. The zero-order chi connectivity index (χ0) is 12.8. The fourth-order valence-corrected chi connectivity index (χ4v) is 1.62. The molecule has 0 bridgehead atoms. The Kier molecular flexibility index (Phi) is 7.57. The minimum Gasteiger partial charge on any atom is -0.395 e. The van der Waals surface area contributed by atoms with E-state index in [9.17, 15) is 10.0 Å². The summed E-state index contributed by atoms with van der Waals surface area (Å²) in [6, 6.07) is -0.781. The van der Waals surface area contributed by atoms with Gasteiger partial charge in [-0.2, -0.15) is 4.91 Å². The Labute approximate surface area is 108 Å². The molecule has 0 saturated heterocycles. The van der Waals surface area contributed by atoms with Gasteiger partial charge in [0.15, 0.2) is 5.79 Å². The first-order valence-corrected chi connectivity index (χ1v) is 6.17. The van der Waals surface area contributed by atoms with Crippen molar-refractivity contribution in [1.29, 1.82) is 0 Å². The van der Waals surface area contributed by atoms with Gasteiger partial charge in [-0.05, 0) is 13.8 Å².